The van der Waals surface area contributed by atoms with E-state index in [9.17, 15) is 9.59 Å². The average molecular weight is 622 g/mol. The number of fused-ring (bicyclic) bond motifs is 14. The maximum Gasteiger partial charge on any atom is 0.251 e. The Morgan fingerprint density at radius 3 is 1.50 bits per heavy atom. The molecular weight excluding hydrogens is 591 g/mol. The van der Waals surface area contributed by atoms with Crippen molar-refractivity contribution in [3.63, 3.8) is 0 Å². The van der Waals surface area contributed by atoms with Crippen LogP contribution in [0.25, 0.3) is 0 Å². The molecule has 4 atom stereocenters. The molecule has 0 radical (unpaired) electrons. The Kier molecular flexibility index (Phi) is 5.43. The van der Waals surface area contributed by atoms with Crippen LogP contribution in [0, 0.1) is 13.8 Å². The molecule has 4 aromatic rings. The summed E-state index contributed by atoms with van der Waals surface area (Å²) in [5.74, 6) is -0.167. The summed E-state index contributed by atoms with van der Waals surface area (Å²) in [7, 11) is 0. The number of aryl methyl sites for hydroxylation is 2. The van der Waals surface area contributed by atoms with Crippen LogP contribution in [0.1, 0.15) is 56.6 Å². The number of piperazine rings is 1. The van der Waals surface area contributed by atoms with Gasteiger partial charge in [0.1, 0.15) is 11.1 Å². The highest BCUT2D eigenvalue weighted by Crippen LogP contribution is 2.67. The SMILES string of the molecule is Cc1ccc2c(c1)[C@H]1N(CC2)[C@]2(C(=O)Nc3ccc(Cl)cc32)[C@H]2c3cc(C)ccc3CCN2[C@]12C(=O)Nc1ccc(Cl)cc12. The molecule has 2 amide bonds. The number of nitrogens with one attached hydrogen (secondary N) is 2. The van der Waals surface area contributed by atoms with Gasteiger partial charge in [0.05, 0.1) is 12.1 Å². The predicted molar refractivity (Wildman–Crippen MR) is 172 cm³/mol. The van der Waals surface area contributed by atoms with E-state index in [1.807, 2.05) is 36.4 Å². The monoisotopic (exact) mass is 620 g/mol. The van der Waals surface area contributed by atoms with E-state index in [0.717, 1.165) is 57.6 Å². The number of benzene rings is 4. The summed E-state index contributed by atoms with van der Waals surface area (Å²) in [5, 5.41) is 7.68. The van der Waals surface area contributed by atoms with Crippen LogP contribution in [0.2, 0.25) is 10.0 Å². The molecule has 5 aliphatic rings. The van der Waals surface area contributed by atoms with Crippen molar-refractivity contribution in [3.8, 4) is 0 Å². The van der Waals surface area contributed by atoms with Gasteiger partial charge in [-0.3, -0.25) is 19.4 Å². The quantitative estimate of drug-likeness (QED) is 0.226. The van der Waals surface area contributed by atoms with Gasteiger partial charge in [0.25, 0.3) is 11.8 Å². The Balaban J connectivity index is 1.46. The van der Waals surface area contributed by atoms with Crippen molar-refractivity contribution in [2.24, 2.45) is 0 Å². The maximum absolute atomic E-state index is 14.9. The van der Waals surface area contributed by atoms with Crippen LogP contribution in [0.15, 0.2) is 72.8 Å². The van der Waals surface area contributed by atoms with E-state index >= 15 is 0 Å². The van der Waals surface area contributed by atoms with Gasteiger partial charge in [-0.25, -0.2) is 0 Å². The van der Waals surface area contributed by atoms with Gasteiger partial charge >= 0.3 is 0 Å². The van der Waals surface area contributed by atoms with Crippen LogP contribution in [-0.2, 0) is 33.5 Å². The minimum absolute atomic E-state index is 0.0835. The van der Waals surface area contributed by atoms with Crippen molar-refractivity contribution >= 4 is 46.4 Å². The number of halogens is 2. The standard InChI is InChI=1S/C36H30Cl2N4O2/c1-19-3-5-21-11-13-41-31(25(21)15-19)35(27-17-23(37)7-9-29(27)39-33(35)43)42-14-12-22-6-4-20(2)16-26(22)32(42)36(41)28-18-24(38)8-10-30(28)40-34(36)44/h3-10,15-18,31-32H,11-14H2,1-2H3,(H,39,43)(H,40,44)/t31-,32-,35+,36+/m1/s1. The smallest absolute Gasteiger partial charge is 0.251 e. The summed E-state index contributed by atoms with van der Waals surface area (Å²) >= 11 is 13.5. The molecule has 1 saturated heterocycles. The summed E-state index contributed by atoms with van der Waals surface area (Å²) in [4.78, 5) is 34.6. The van der Waals surface area contributed by atoms with Gasteiger partial charge in [-0.1, -0.05) is 70.7 Å². The first-order valence-corrected chi connectivity index (χ1v) is 16.0. The van der Waals surface area contributed by atoms with Gasteiger partial charge in [-0.2, -0.15) is 0 Å². The van der Waals surface area contributed by atoms with E-state index in [2.05, 4.69) is 70.7 Å². The second-order valence-electron chi connectivity index (χ2n) is 12.9. The fourth-order valence-corrected chi connectivity index (χ4v) is 9.46. The van der Waals surface area contributed by atoms with Gasteiger partial charge in [-0.15, -0.1) is 0 Å². The highest BCUT2D eigenvalue weighted by molar-refractivity contribution is 6.31. The molecule has 6 nitrogen and oxygen atoms in total. The molecule has 9 rings (SSSR count). The minimum Gasteiger partial charge on any atom is -0.324 e. The number of anilines is 2. The summed E-state index contributed by atoms with van der Waals surface area (Å²) in [6.45, 7) is 5.36. The summed E-state index contributed by atoms with van der Waals surface area (Å²) in [6, 6.07) is 23.5. The van der Waals surface area contributed by atoms with Crippen LogP contribution in [0.3, 0.4) is 0 Å². The van der Waals surface area contributed by atoms with Crippen molar-refractivity contribution in [1.82, 2.24) is 9.80 Å². The van der Waals surface area contributed by atoms with E-state index in [-0.39, 0.29) is 11.8 Å². The lowest BCUT2D eigenvalue weighted by atomic mass is 9.62. The fourth-order valence-electron chi connectivity index (χ4n) is 9.12. The van der Waals surface area contributed by atoms with E-state index < -0.39 is 23.2 Å². The number of hydrogen-bond donors (Lipinski definition) is 2. The Morgan fingerprint density at radius 1 is 0.636 bits per heavy atom. The molecule has 5 heterocycles. The van der Waals surface area contributed by atoms with Crippen LogP contribution < -0.4 is 10.6 Å². The van der Waals surface area contributed by atoms with Crippen LogP contribution in [0.4, 0.5) is 11.4 Å². The highest BCUT2D eigenvalue weighted by atomic mass is 35.5. The minimum atomic E-state index is -1.14. The molecule has 5 aliphatic heterocycles. The zero-order chi connectivity index (χ0) is 30.1. The molecule has 44 heavy (non-hydrogen) atoms. The summed E-state index contributed by atoms with van der Waals surface area (Å²) in [5.41, 5.74) is 7.76. The lowest BCUT2D eigenvalue weighted by Gasteiger charge is -2.66. The molecular formula is C36H30Cl2N4O2. The topological polar surface area (TPSA) is 64.7 Å². The van der Waals surface area contributed by atoms with E-state index in [0.29, 0.717) is 23.1 Å². The molecule has 2 spiro atoms. The maximum atomic E-state index is 14.9. The third-order valence-corrected chi connectivity index (χ3v) is 11.2. The normalized spacial score (nSPS) is 28.1. The van der Waals surface area contributed by atoms with Gasteiger partial charge in [0, 0.05) is 45.6 Å². The van der Waals surface area contributed by atoms with Crippen molar-refractivity contribution in [3.05, 3.63) is 127 Å². The Morgan fingerprint density at radius 2 is 1.07 bits per heavy atom. The molecule has 2 N–H and O–H groups in total. The number of carbonyl (C=O) groups excluding carboxylic acids is 2. The molecule has 0 aromatic heterocycles. The molecule has 1 fully saturated rings. The van der Waals surface area contributed by atoms with Crippen molar-refractivity contribution in [2.75, 3.05) is 23.7 Å². The summed E-state index contributed by atoms with van der Waals surface area (Å²) < 4.78 is 0. The van der Waals surface area contributed by atoms with Gasteiger partial charge in [0.2, 0.25) is 0 Å². The zero-order valence-corrected chi connectivity index (χ0v) is 25.9. The predicted octanol–water partition coefficient (Wildman–Crippen LogP) is 6.82. The second-order valence-corrected chi connectivity index (χ2v) is 13.8. The van der Waals surface area contributed by atoms with Crippen molar-refractivity contribution < 1.29 is 9.59 Å². The van der Waals surface area contributed by atoms with Crippen LogP contribution in [-0.4, -0.2) is 34.7 Å². The summed E-state index contributed by atoms with van der Waals surface area (Å²) in [6.07, 6.45) is 1.51. The first kappa shape index (κ1) is 26.7. The number of carbonyl (C=O) groups is 2. The molecule has 0 saturated carbocycles. The Hall–Kier alpha value is -3.68. The van der Waals surface area contributed by atoms with E-state index in [4.69, 9.17) is 23.2 Å². The second kappa shape index (κ2) is 8.95. The van der Waals surface area contributed by atoms with Gasteiger partial charge in [-0.05, 0) is 85.3 Å². The number of rotatable bonds is 0. The van der Waals surface area contributed by atoms with E-state index in [1.54, 1.807) is 0 Å². The average Bonchev–Trinajstić information content (AvgIpc) is 3.45. The largest absolute Gasteiger partial charge is 0.324 e. The van der Waals surface area contributed by atoms with Crippen LogP contribution >= 0.6 is 23.2 Å². The van der Waals surface area contributed by atoms with Crippen molar-refractivity contribution in [1.29, 1.82) is 0 Å². The highest BCUT2D eigenvalue weighted by Gasteiger charge is 2.74. The Labute approximate surface area is 266 Å². The molecule has 4 aromatic carbocycles. The van der Waals surface area contributed by atoms with Crippen LogP contribution in [0.5, 0.6) is 0 Å². The fraction of sp³-hybridized carbons (Fsp3) is 0.278. The third-order valence-electron chi connectivity index (χ3n) is 10.7. The molecule has 0 aliphatic carbocycles. The molecule has 8 heteroatoms. The number of hydrogen-bond acceptors (Lipinski definition) is 4. The van der Waals surface area contributed by atoms with Gasteiger partial charge in [0.15, 0.2) is 0 Å². The molecule has 0 unspecified atom stereocenters. The third kappa shape index (κ3) is 3.14. The van der Waals surface area contributed by atoms with E-state index in [1.165, 1.54) is 11.1 Å². The zero-order valence-electron chi connectivity index (χ0n) is 24.4. The number of nitrogens with zero attached hydrogens (tertiary/aromatic N) is 2. The Bertz CT molecular complexity index is 1830. The lowest BCUT2D eigenvalue weighted by molar-refractivity contribution is -0.190. The molecule has 0 bridgehead atoms. The van der Waals surface area contributed by atoms with Crippen molar-refractivity contribution in [2.45, 2.75) is 49.9 Å². The first-order valence-electron chi connectivity index (χ1n) is 15.2. The van der Waals surface area contributed by atoms with Gasteiger partial charge < -0.3 is 10.6 Å². The first-order chi connectivity index (χ1) is 21.2. The lowest BCUT2D eigenvalue weighted by Crippen LogP contribution is -2.75. The number of amides is 2. The molecule has 220 valence electrons.